The molecule has 1 aromatic rings. The Morgan fingerprint density at radius 1 is 0.923 bits per heavy atom. The van der Waals surface area contributed by atoms with E-state index in [4.69, 9.17) is 26.1 Å². The fourth-order valence-corrected chi connectivity index (χ4v) is 4.31. The van der Waals surface area contributed by atoms with Crippen LogP contribution in [0.4, 0.5) is 11.8 Å². The summed E-state index contributed by atoms with van der Waals surface area (Å²) < 4.78 is 12.0. The van der Waals surface area contributed by atoms with Crippen molar-refractivity contribution in [3.63, 3.8) is 0 Å². The molecular formula is C19H31ClN4O2. The van der Waals surface area contributed by atoms with Crippen LogP contribution in [0.1, 0.15) is 47.2 Å². The zero-order valence-corrected chi connectivity index (χ0v) is 17.7. The number of nitrogens with zero attached hydrogens (tertiary/aromatic N) is 4. The van der Waals surface area contributed by atoms with E-state index in [-0.39, 0.29) is 23.4 Å². The van der Waals surface area contributed by atoms with Crippen LogP contribution in [0.15, 0.2) is 0 Å². The van der Waals surface area contributed by atoms with Crippen molar-refractivity contribution in [2.75, 3.05) is 36.0 Å². The molecule has 146 valence electrons. The second-order valence-corrected chi connectivity index (χ2v) is 9.26. The molecule has 3 heterocycles. The molecule has 0 spiro atoms. The average Bonchev–Trinajstić information content (AvgIpc) is 2.45. The van der Waals surface area contributed by atoms with Crippen molar-refractivity contribution in [1.82, 2.24) is 9.97 Å². The second kappa shape index (κ2) is 6.80. The fraction of sp³-hybridized carbons (Fsp3) is 0.789. The smallest absolute Gasteiger partial charge is 0.227 e. The summed E-state index contributed by atoms with van der Waals surface area (Å²) in [6.07, 6.45) is 0.250. The summed E-state index contributed by atoms with van der Waals surface area (Å²) in [5, 5.41) is 0.624. The third-order valence-electron chi connectivity index (χ3n) is 4.71. The van der Waals surface area contributed by atoms with Crippen molar-refractivity contribution in [1.29, 1.82) is 0 Å². The number of anilines is 2. The van der Waals surface area contributed by atoms with Gasteiger partial charge in [-0.3, -0.25) is 0 Å². The van der Waals surface area contributed by atoms with Crippen LogP contribution in [0.3, 0.4) is 0 Å². The molecule has 2 unspecified atom stereocenters. The molecule has 2 saturated heterocycles. The van der Waals surface area contributed by atoms with Gasteiger partial charge in [0.05, 0.1) is 29.1 Å². The van der Waals surface area contributed by atoms with Gasteiger partial charge in [0.25, 0.3) is 0 Å². The first-order valence-electron chi connectivity index (χ1n) is 9.35. The van der Waals surface area contributed by atoms with Crippen LogP contribution >= 0.6 is 11.6 Å². The third kappa shape index (κ3) is 4.24. The van der Waals surface area contributed by atoms with E-state index < -0.39 is 0 Å². The predicted octanol–water partition coefficient (Wildman–Crippen LogP) is 3.45. The highest BCUT2D eigenvalue weighted by Crippen LogP contribution is 2.33. The summed E-state index contributed by atoms with van der Waals surface area (Å²) in [5.41, 5.74) is 0.334. The molecule has 0 amide bonds. The third-order valence-corrected chi connectivity index (χ3v) is 5.15. The van der Waals surface area contributed by atoms with Crippen LogP contribution in [-0.4, -0.2) is 59.6 Å². The summed E-state index contributed by atoms with van der Waals surface area (Å²) >= 11 is 6.61. The number of rotatable bonds is 2. The van der Waals surface area contributed by atoms with Gasteiger partial charge in [-0.25, -0.2) is 4.98 Å². The number of hydrogen-bond donors (Lipinski definition) is 0. The van der Waals surface area contributed by atoms with Gasteiger partial charge in [-0.15, -0.1) is 0 Å². The molecule has 1 aromatic heterocycles. The molecule has 3 rings (SSSR count). The second-order valence-electron chi connectivity index (χ2n) is 8.88. The summed E-state index contributed by atoms with van der Waals surface area (Å²) in [4.78, 5) is 14.0. The maximum Gasteiger partial charge on any atom is 0.227 e. The first-order chi connectivity index (χ1) is 12.0. The Hall–Kier alpha value is -1.11. The Morgan fingerprint density at radius 3 is 1.96 bits per heavy atom. The first kappa shape index (κ1) is 19.6. The van der Waals surface area contributed by atoms with Crippen LogP contribution in [0.25, 0.3) is 0 Å². The molecule has 2 aliphatic rings. The fourth-order valence-electron chi connectivity index (χ4n) is 4.10. The molecule has 0 saturated carbocycles. The minimum atomic E-state index is -0.241. The van der Waals surface area contributed by atoms with Crippen LogP contribution in [-0.2, 0) is 9.47 Å². The monoisotopic (exact) mass is 382 g/mol. The zero-order chi connectivity index (χ0) is 19.3. The Labute approximate surface area is 161 Å². The topological polar surface area (TPSA) is 50.7 Å². The van der Waals surface area contributed by atoms with Crippen LogP contribution in [0.5, 0.6) is 0 Å². The predicted molar refractivity (Wildman–Crippen MR) is 105 cm³/mol. The van der Waals surface area contributed by atoms with Crippen molar-refractivity contribution in [3.05, 3.63) is 10.7 Å². The van der Waals surface area contributed by atoms with Gasteiger partial charge in [-0.2, -0.15) is 4.98 Å². The quantitative estimate of drug-likeness (QED) is 0.780. The number of ether oxygens (including phenoxy) is 2. The molecular weight excluding hydrogens is 352 g/mol. The van der Waals surface area contributed by atoms with Crippen LogP contribution in [0.2, 0.25) is 5.02 Å². The lowest BCUT2D eigenvalue weighted by molar-refractivity contribution is -0.0754. The molecule has 2 aliphatic heterocycles. The summed E-state index contributed by atoms with van der Waals surface area (Å²) in [6.45, 7) is 17.6. The summed E-state index contributed by atoms with van der Waals surface area (Å²) in [5.74, 6) is 1.52. The number of aryl methyl sites for hydroxylation is 1. The summed E-state index contributed by atoms with van der Waals surface area (Å²) in [7, 11) is 0. The molecule has 0 N–H and O–H groups in total. The van der Waals surface area contributed by atoms with Crippen molar-refractivity contribution in [2.45, 2.75) is 71.9 Å². The molecule has 0 bridgehead atoms. The largest absolute Gasteiger partial charge is 0.369 e. The molecule has 2 fully saturated rings. The van der Waals surface area contributed by atoms with Gasteiger partial charge < -0.3 is 19.3 Å². The highest BCUT2D eigenvalue weighted by atomic mass is 35.5. The average molecular weight is 383 g/mol. The van der Waals surface area contributed by atoms with Crippen molar-refractivity contribution in [2.24, 2.45) is 0 Å². The summed E-state index contributed by atoms with van der Waals surface area (Å²) in [6, 6.07) is 0. The molecule has 7 heteroatoms. The number of hydrogen-bond acceptors (Lipinski definition) is 6. The van der Waals surface area contributed by atoms with E-state index in [0.29, 0.717) is 5.02 Å². The van der Waals surface area contributed by atoms with Gasteiger partial charge in [-0.1, -0.05) is 11.6 Å². The number of morpholine rings is 2. The lowest BCUT2D eigenvalue weighted by Crippen LogP contribution is -2.53. The highest BCUT2D eigenvalue weighted by Gasteiger charge is 2.36. The molecule has 0 aromatic carbocycles. The Morgan fingerprint density at radius 2 is 1.42 bits per heavy atom. The molecule has 2 atom stereocenters. The van der Waals surface area contributed by atoms with Gasteiger partial charge in [0, 0.05) is 26.2 Å². The molecule has 26 heavy (non-hydrogen) atoms. The zero-order valence-electron chi connectivity index (χ0n) is 17.0. The Bertz CT molecular complexity index is 680. The van der Waals surface area contributed by atoms with Crippen molar-refractivity contribution in [3.8, 4) is 0 Å². The van der Waals surface area contributed by atoms with Gasteiger partial charge in [-0.05, 0) is 48.5 Å². The van der Waals surface area contributed by atoms with E-state index in [0.717, 1.165) is 43.6 Å². The van der Waals surface area contributed by atoms with Crippen LogP contribution < -0.4 is 9.80 Å². The van der Waals surface area contributed by atoms with Gasteiger partial charge >= 0.3 is 0 Å². The van der Waals surface area contributed by atoms with E-state index in [9.17, 15) is 0 Å². The van der Waals surface area contributed by atoms with E-state index in [1.165, 1.54) is 0 Å². The van der Waals surface area contributed by atoms with E-state index >= 15 is 0 Å². The number of aromatic nitrogens is 2. The highest BCUT2D eigenvalue weighted by molar-refractivity contribution is 6.33. The van der Waals surface area contributed by atoms with Gasteiger partial charge in [0.2, 0.25) is 5.95 Å². The Balaban J connectivity index is 1.95. The van der Waals surface area contributed by atoms with Crippen molar-refractivity contribution >= 4 is 23.4 Å². The normalized spacial score (nSPS) is 28.3. The molecule has 6 nitrogen and oxygen atoms in total. The van der Waals surface area contributed by atoms with Crippen LogP contribution in [0, 0.1) is 6.92 Å². The van der Waals surface area contributed by atoms with Gasteiger partial charge in [0.15, 0.2) is 5.82 Å². The Kier molecular flexibility index (Phi) is 5.14. The molecule has 0 aliphatic carbocycles. The van der Waals surface area contributed by atoms with E-state index in [1.54, 1.807) is 0 Å². The lowest BCUT2D eigenvalue weighted by atomic mass is 10.1. The van der Waals surface area contributed by atoms with E-state index in [2.05, 4.69) is 56.3 Å². The lowest BCUT2D eigenvalue weighted by Gasteiger charge is -2.43. The van der Waals surface area contributed by atoms with Crippen molar-refractivity contribution < 1.29 is 9.47 Å². The SMILES string of the molecule is Cc1nc(N2CC(C)OC(C)(C)C2)nc(N2CC(C)OC(C)(C)C2)c1Cl. The maximum atomic E-state index is 6.61. The standard InChI is InChI=1S/C19H31ClN4O2/c1-12-8-23(10-18(4,5)25-12)16-15(20)14(3)21-17(22-16)24-9-13(2)26-19(6,7)11-24/h12-13H,8-11H2,1-7H3. The maximum absolute atomic E-state index is 6.61. The minimum Gasteiger partial charge on any atom is -0.369 e. The van der Waals surface area contributed by atoms with Gasteiger partial charge in [0.1, 0.15) is 5.02 Å². The molecule has 0 radical (unpaired) electrons. The number of halogens is 1. The first-order valence-corrected chi connectivity index (χ1v) is 9.73. The minimum absolute atomic E-state index is 0.121. The van der Waals surface area contributed by atoms with E-state index in [1.807, 2.05) is 6.92 Å².